The lowest BCUT2D eigenvalue weighted by atomic mass is 9.97. The maximum Gasteiger partial charge on any atom is 0.309 e. The van der Waals surface area contributed by atoms with Crippen LogP contribution in [0.2, 0.25) is 0 Å². The minimum atomic E-state index is -0.0335. The Hall–Kier alpha value is -0.990. The first kappa shape index (κ1) is 11.1. The Morgan fingerprint density at radius 1 is 1.50 bits per heavy atom. The van der Waals surface area contributed by atoms with Gasteiger partial charge >= 0.3 is 5.97 Å². The minimum Gasteiger partial charge on any atom is -0.466 e. The van der Waals surface area contributed by atoms with Crippen molar-refractivity contribution in [1.29, 1.82) is 0 Å². The normalized spacial score (nSPS) is 18.0. The Bertz CT molecular complexity index is 217. The number of nitrogens with zero attached hydrogens (tertiary/aromatic N) is 1. The second-order valence-corrected chi connectivity index (χ2v) is 3.75. The van der Waals surface area contributed by atoms with Crippen molar-refractivity contribution in [2.75, 3.05) is 19.7 Å². The van der Waals surface area contributed by atoms with Crippen LogP contribution < -0.4 is 0 Å². The van der Waals surface area contributed by atoms with Crippen LogP contribution in [-0.2, 0) is 9.53 Å². The number of allylic oxidation sites excluding steroid dienone is 1. The summed E-state index contributed by atoms with van der Waals surface area (Å²) < 4.78 is 5.00. The van der Waals surface area contributed by atoms with Gasteiger partial charge in [0.2, 0.25) is 0 Å². The van der Waals surface area contributed by atoms with Gasteiger partial charge in [-0.2, -0.15) is 0 Å². The van der Waals surface area contributed by atoms with Crippen molar-refractivity contribution < 1.29 is 9.53 Å². The number of ether oxygens (including phenoxy) is 1. The highest BCUT2D eigenvalue weighted by molar-refractivity contribution is 5.72. The van der Waals surface area contributed by atoms with Crippen molar-refractivity contribution in [3.05, 3.63) is 12.3 Å². The Morgan fingerprint density at radius 3 is 2.50 bits per heavy atom. The zero-order chi connectivity index (χ0) is 10.6. The van der Waals surface area contributed by atoms with Crippen molar-refractivity contribution >= 4 is 5.97 Å². The average molecular weight is 197 g/mol. The predicted octanol–water partition coefficient (Wildman–Crippen LogP) is 1.80. The molecule has 0 amide bonds. The number of carbonyl (C=O) groups excluding carboxylic acids is 1. The van der Waals surface area contributed by atoms with Crippen LogP contribution in [0.5, 0.6) is 0 Å². The fraction of sp³-hybridized carbons (Fsp3) is 0.727. The molecule has 1 aliphatic rings. The lowest BCUT2D eigenvalue weighted by Crippen LogP contribution is -2.35. The number of piperidine rings is 1. The molecule has 3 heteroatoms. The highest BCUT2D eigenvalue weighted by Gasteiger charge is 2.25. The molecular weight excluding hydrogens is 178 g/mol. The van der Waals surface area contributed by atoms with Crippen molar-refractivity contribution in [3.8, 4) is 0 Å². The molecule has 1 saturated heterocycles. The van der Waals surface area contributed by atoms with Crippen LogP contribution in [0.15, 0.2) is 12.3 Å². The average Bonchev–Trinajstić information content (AvgIpc) is 2.18. The van der Waals surface area contributed by atoms with E-state index in [0.717, 1.165) is 31.6 Å². The van der Waals surface area contributed by atoms with Crippen LogP contribution in [0.4, 0.5) is 0 Å². The number of likely N-dealkylation sites (tertiary alicyclic amines) is 1. The molecule has 14 heavy (non-hydrogen) atoms. The van der Waals surface area contributed by atoms with Crippen molar-refractivity contribution in [2.45, 2.75) is 26.7 Å². The van der Waals surface area contributed by atoms with Crippen LogP contribution in [0, 0.1) is 5.92 Å². The van der Waals surface area contributed by atoms with Gasteiger partial charge in [-0.1, -0.05) is 6.58 Å². The molecule has 80 valence electrons. The molecule has 0 atom stereocenters. The third-order valence-electron chi connectivity index (χ3n) is 2.65. The van der Waals surface area contributed by atoms with Gasteiger partial charge in [0, 0.05) is 18.8 Å². The number of rotatable bonds is 3. The van der Waals surface area contributed by atoms with E-state index in [1.807, 2.05) is 13.8 Å². The van der Waals surface area contributed by atoms with Gasteiger partial charge < -0.3 is 9.64 Å². The second-order valence-electron chi connectivity index (χ2n) is 3.75. The quantitative estimate of drug-likeness (QED) is 0.646. The number of hydrogen-bond donors (Lipinski definition) is 0. The summed E-state index contributed by atoms with van der Waals surface area (Å²) in [7, 11) is 0. The van der Waals surface area contributed by atoms with Gasteiger partial charge in [0.25, 0.3) is 0 Å². The monoisotopic (exact) mass is 197 g/mol. The fourth-order valence-electron chi connectivity index (χ4n) is 1.76. The summed E-state index contributed by atoms with van der Waals surface area (Å²) in [6.45, 7) is 10.1. The van der Waals surface area contributed by atoms with E-state index in [0.29, 0.717) is 6.61 Å². The van der Waals surface area contributed by atoms with E-state index in [2.05, 4.69) is 11.5 Å². The predicted molar refractivity (Wildman–Crippen MR) is 55.7 cm³/mol. The number of esters is 1. The Kier molecular flexibility index (Phi) is 3.98. The SMILES string of the molecule is C=C(C)N1CCC(C(=O)OCC)CC1. The van der Waals surface area contributed by atoms with E-state index in [4.69, 9.17) is 4.74 Å². The largest absolute Gasteiger partial charge is 0.466 e. The van der Waals surface area contributed by atoms with Gasteiger partial charge in [-0.25, -0.2) is 0 Å². The molecular formula is C11H19NO2. The lowest BCUT2D eigenvalue weighted by molar-refractivity contribution is -0.149. The standard InChI is InChI=1S/C11H19NO2/c1-4-14-11(13)10-5-7-12(8-6-10)9(2)3/h10H,2,4-8H2,1,3H3. The second kappa shape index (κ2) is 5.03. The van der Waals surface area contributed by atoms with Crippen LogP contribution in [0.1, 0.15) is 26.7 Å². The Morgan fingerprint density at radius 2 is 2.07 bits per heavy atom. The Balaban J connectivity index is 2.35. The zero-order valence-electron chi connectivity index (χ0n) is 9.08. The molecule has 0 aliphatic carbocycles. The third-order valence-corrected chi connectivity index (χ3v) is 2.65. The van der Waals surface area contributed by atoms with Gasteiger partial charge in [0.05, 0.1) is 12.5 Å². The smallest absolute Gasteiger partial charge is 0.309 e. The molecule has 0 aromatic carbocycles. The first-order valence-corrected chi connectivity index (χ1v) is 5.22. The summed E-state index contributed by atoms with van der Waals surface area (Å²) in [6, 6.07) is 0. The molecule has 1 heterocycles. The molecule has 3 nitrogen and oxygen atoms in total. The molecule has 0 spiro atoms. The van der Waals surface area contributed by atoms with E-state index in [1.165, 1.54) is 0 Å². The molecule has 1 rings (SSSR count). The summed E-state index contributed by atoms with van der Waals surface area (Å²) in [5.41, 5.74) is 1.09. The summed E-state index contributed by atoms with van der Waals surface area (Å²) in [5.74, 6) is 0.0689. The van der Waals surface area contributed by atoms with Crippen molar-refractivity contribution in [3.63, 3.8) is 0 Å². The van der Waals surface area contributed by atoms with Crippen molar-refractivity contribution in [1.82, 2.24) is 4.90 Å². The van der Waals surface area contributed by atoms with Crippen LogP contribution in [0.3, 0.4) is 0 Å². The third kappa shape index (κ3) is 2.76. The van der Waals surface area contributed by atoms with E-state index in [9.17, 15) is 4.79 Å². The van der Waals surface area contributed by atoms with Gasteiger partial charge in [-0.15, -0.1) is 0 Å². The Labute approximate surface area is 85.7 Å². The lowest BCUT2D eigenvalue weighted by Gasteiger charge is -2.32. The molecule has 0 aromatic heterocycles. The highest BCUT2D eigenvalue weighted by Crippen LogP contribution is 2.20. The van der Waals surface area contributed by atoms with Crippen LogP contribution in [-0.4, -0.2) is 30.6 Å². The van der Waals surface area contributed by atoms with Gasteiger partial charge in [-0.3, -0.25) is 4.79 Å². The fourth-order valence-corrected chi connectivity index (χ4v) is 1.76. The maximum absolute atomic E-state index is 11.4. The molecule has 0 bridgehead atoms. The van der Waals surface area contributed by atoms with E-state index in [-0.39, 0.29) is 11.9 Å². The van der Waals surface area contributed by atoms with E-state index < -0.39 is 0 Å². The maximum atomic E-state index is 11.4. The van der Waals surface area contributed by atoms with Gasteiger partial charge in [-0.05, 0) is 26.7 Å². The summed E-state index contributed by atoms with van der Waals surface area (Å²) in [6.07, 6.45) is 1.79. The molecule has 1 fully saturated rings. The summed E-state index contributed by atoms with van der Waals surface area (Å²) in [5, 5.41) is 0. The first-order valence-electron chi connectivity index (χ1n) is 5.22. The number of hydrogen-bond acceptors (Lipinski definition) is 3. The molecule has 1 aliphatic heterocycles. The summed E-state index contributed by atoms with van der Waals surface area (Å²) in [4.78, 5) is 13.6. The van der Waals surface area contributed by atoms with Crippen molar-refractivity contribution in [2.24, 2.45) is 5.92 Å². The highest BCUT2D eigenvalue weighted by atomic mass is 16.5. The zero-order valence-corrected chi connectivity index (χ0v) is 9.08. The molecule has 0 radical (unpaired) electrons. The summed E-state index contributed by atoms with van der Waals surface area (Å²) >= 11 is 0. The van der Waals surface area contributed by atoms with Crippen LogP contribution in [0.25, 0.3) is 0 Å². The molecule has 0 unspecified atom stereocenters. The van der Waals surface area contributed by atoms with Gasteiger partial charge in [0.15, 0.2) is 0 Å². The van der Waals surface area contributed by atoms with E-state index in [1.54, 1.807) is 0 Å². The molecule has 0 aromatic rings. The van der Waals surface area contributed by atoms with Gasteiger partial charge in [0.1, 0.15) is 0 Å². The molecule has 0 saturated carbocycles. The molecule has 0 N–H and O–H groups in total. The minimum absolute atomic E-state index is 0.0335. The van der Waals surface area contributed by atoms with E-state index >= 15 is 0 Å². The topological polar surface area (TPSA) is 29.5 Å². The first-order chi connectivity index (χ1) is 6.65. The van der Waals surface area contributed by atoms with Crippen LogP contribution >= 0.6 is 0 Å². The number of carbonyl (C=O) groups is 1.